The van der Waals surface area contributed by atoms with E-state index in [1.807, 2.05) is 13.0 Å². The molecule has 0 bridgehead atoms. The van der Waals surface area contributed by atoms with Gasteiger partial charge in [0, 0.05) is 12.1 Å². The van der Waals surface area contributed by atoms with Gasteiger partial charge in [-0.05, 0) is 38.3 Å². The van der Waals surface area contributed by atoms with Crippen LogP contribution in [0.5, 0.6) is 0 Å². The van der Waals surface area contributed by atoms with Crippen LogP contribution in [-0.4, -0.2) is 9.55 Å². The summed E-state index contributed by atoms with van der Waals surface area (Å²) in [5.41, 5.74) is 1.68. The van der Waals surface area contributed by atoms with Crippen LogP contribution in [0.3, 0.4) is 0 Å². The van der Waals surface area contributed by atoms with Crippen LogP contribution in [0.25, 0.3) is 11.0 Å². The van der Waals surface area contributed by atoms with E-state index < -0.39 is 0 Å². The van der Waals surface area contributed by atoms with Crippen molar-refractivity contribution < 1.29 is 4.39 Å². The predicted molar refractivity (Wildman–Crippen MR) is 76.0 cm³/mol. The van der Waals surface area contributed by atoms with Crippen molar-refractivity contribution in [2.45, 2.75) is 44.5 Å². The Morgan fingerprint density at radius 3 is 2.79 bits per heavy atom. The molecule has 1 aliphatic carbocycles. The second kappa shape index (κ2) is 4.78. The van der Waals surface area contributed by atoms with Gasteiger partial charge < -0.3 is 4.57 Å². The highest BCUT2D eigenvalue weighted by Gasteiger charge is 2.27. The number of halogens is 2. The van der Waals surface area contributed by atoms with Crippen LogP contribution >= 0.6 is 11.6 Å². The number of benzene rings is 1. The molecule has 2 nitrogen and oxygen atoms in total. The minimum atomic E-state index is -0.249. The van der Waals surface area contributed by atoms with Crippen molar-refractivity contribution in [3.8, 4) is 0 Å². The number of imidazole rings is 1. The van der Waals surface area contributed by atoms with E-state index in [1.54, 1.807) is 0 Å². The zero-order valence-electron chi connectivity index (χ0n) is 11.2. The van der Waals surface area contributed by atoms with Crippen molar-refractivity contribution in [3.63, 3.8) is 0 Å². The predicted octanol–water partition coefficient (Wildman–Crippen LogP) is 4.84. The molecule has 0 spiro atoms. The third kappa shape index (κ3) is 2.48. The Morgan fingerprint density at radius 1 is 1.42 bits per heavy atom. The fourth-order valence-electron chi connectivity index (χ4n) is 2.78. The molecule has 0 N–H and O–H groups in total. The Labute approximate surface area is 117 Å². The maximum absolute atomic E-state index is 13.3. The number of hydrogen-bond acceptors (Lipinski definition) is 1. The van der Waals surface area contributed by atoms with Crippen molar-refractivity contribution in [1.29, 1.82) is 0 Å². The lowest BCUT2D eigenvalue weighted by Crippen LogP contribution is -2.10. The first-order valence-corrected chi connectivity index (χ1v) is 7.31. The Bertz CT molecular complexity index is 601. The van der Waals surface area contributed by atoms with Gasteiger partial charge in [0.15, 0.2) is 0 Å². The Hall–Kier alpha value is -1.09. The van der Waals surface area contributed by atoms with E-state index in [2.05, 4.69) is 16.5 Å². The lowest BCUT2D eigenvalue weighted by molar-refractivity contribution is 0.472. The first-order chi connectivity index (χ1) is 9.06. The molecule has 19 heavy (non-hydrogen) atoms. The van der Waals surface area contributed by atoms with E-state index >= 15 is 0 Å². The SMILES string of the molecule is CC(Cl)c1nc2cc(F)ccc2n1C(C)CC1CC1. The number of alkyl halides is 1. The zero-order chi connectivity index (χ0) is 13.6. The minimum Gasteiger partial charge on any atom is -0.324 e. The molecule has 1 saturated carbocycles. The molecule has 2 atom stereocenters. The quantitative estimate of drug-likeness (QED) is 0.733. The zero-order valence-corrected chi connectivity index (χ0v) is 12.0. The number of rotatable bonds is 4. The maximum atomic E-state index is 13.3. The molecule has 1 aromatic heterocycles. The summed E-state index contributed by atoms with van der Waals surface area (Å²) in [4.78, 5) is 4.51. The topological polar surface area (TPSA) is 17.8 Å². The molecular formula is C15H18ClFN2. The average molecular weight is 281 g/mol. The maximum Gasteiger partial charge on any atom is 0.127 e. The number of hydrogen-bond donors (Lipinski definition) is 0. The average Bonchev–Trinajstić information content (AvgIpc) is 3.06. The van der Waals surface area contributed by atoms with Crippen LogP contribution in [0, 0.1) is 11.7 Å². The lowest BCUT2D eigenvalue weighted by Gasteiger charge is -2.18. The first kappa shape index (κ1) is 12.9. The molecule has 0 amide bonds. The largest absolute Gasteiger partial charge is 0.324 e. The van der Waals surface area contributed by atoms with Crippen molar-refractivity contribution in [2.75, 3.05) is 0 Å². The molecule has 0 saturated heterocycles. The van der Waals surface area contributed by atoms with E-state index in [-0.39, 0.29) is 11.2 Å². The molecule has 2 aromatic rings. The summed E-state index contributed by atoms with van der Waals surface area (Å²) in [6, 6.07) is 5.15. The van der Waals surface area contributed by atoms with Gasteiger partial charge in [-0.3, -0.25) is 0 Å². The van der Waals surface area contributed by atoms with Crippen molar-refractivity contribution >= 4 is 22.6 Å². The molecule has 102 valence electrons. The van der Waals surface area contributed by atoms with Gasteiger partial charge in [-0.1, -0.05) is 12.8 Å². The summed E-state index contributed by atoms with van der Waals surface area (Å²) >= 11 is 6.24. The molecule has 1 fully saturated rings. The monoisotopic (exact) mass is 280 g/mol. The summed E-state index contributed by atoms with van der Waals surface area (Å²) in [5, 5.41) is -0.169. The van der Waals surface area contributed by atoms with E-state index in [0.29, 0.717) is 11.6 Å². The highest BCUT2D eigenvalue weighted by Crippen LogP contribution is 2.39. The van der Waals surface area contributed by atoms with E-state index in [1.165, 1.54) is 25.0 Å². The van der Waals surface area contributed by atoms with Crippen LogP contribution in [0.15, 0.2) is 18.2 Å². The fourth-order valence-corrected chi connectivity index (χ4v) is 2.93. The molecule has 1 aromatic carbocycles. The summed E-state index contributed by atoms with van der Waals surface area (Å²) in [5.74, 6) is 1.43. The standard InChI is InChI=1S/C15H18ClFN2/c1-9(7-11-3-4-11)19-14-6-5-12(17)8-13(14)18-15(19)10(2)16/h5-6,8-11H,3-4,7H2,1-2H3. The third-order valence-corrected chi connectivity index (χ3v) is 4.04. The van der Waals surface area contributed by atoms with Crippen molar-refractivity contribution in [1.82, 2.24) is 9.55 Å². The van der Waals surface area contributed by atoms with Gasteiger partial charge in [-0.25, -0.2) is 9.37 Å². The second-order valence-electron chi connectivity index (χ2n) is 5.62. The minimum absolute atomic E-state index is 0.169. The van der Waals surface area contributed by atoms with E-state index in [4.69, 9.17) is 11.6 Å². The molecule has 2 unspecified atom stereocenters. The normalized spacial score (nSPS) is 18.7. The molecule has 3 rings (SSSR count). The van der Waals surface area contributed by atoms with Crippen LogP contribution in [0.1, 0.15) is 50.4 Å². The van der Waals surface area contributed by atoms with Gasteiger partial charge in [0.1, 0.15) is 11.6 Å². The van der Waals surface area contributed by atoms with E-state index in [0.717, 1.165) is 23.7 Å². The Kier molecular flexibility index (Phi) is 3.25. The van der Waals surface area contributed by atoms with Crippen molar-refractivity contribution in [3.05, 3.63) is 29.8 Å². The molecule has 0 aliphatic heterocycles. The summed E-state index contributed by atoms with van der Waals surface area (Å²) in [6.07, 6.45) is 3.81. The van der Waals surface area contributed by atoms with Crippen LogP contribution in [-0.2, 0) is 0 Å². The van der Waals surface area contributed by atoms with Gasteiger partial charge in [0.2, 0.25) is 0 Å². The number of aromatic nitrogens is 2. The van der Waals surface area contributed by atoms with Crippen LogP contribution < -0.4 is 0 Å². The molecule has 4 heteroatoms. The number of nitrogens with zero attached hydrogens (tertiary/aromatic N) is 2. The molecule has 1 heterocycles. The number of fused-ring (bicyclic) bond motifs is 1. The van der Waals surface area contributed by atoms with Crippen molar-refractivity contribution in [2.24, 2.45) is 5.92 Å². The van der Waals surface area contributed by atoms with Gasteiger partial charge >= 0.3 is 0 Å². The van der Waals surface area contributed by atoms with Gasteiger partial charge in [-0.2, -0.15) is 0 Å². The summed E-state index contributed by atoms with van der Waals surface area (Å²) < 4.78 is 15.5. The summed E-state index contributed by atoms with van der Waals surface area (Å²) in [7, 11) is 0. The smallest absolute Gasteiger partial charge is 0.127 e. The highest BCUT2D eigenvalue weighted by molar-refractivity contribution is 6.20. The fraction of sp³-hybridized carbons (Fsp3) is 0.533. The summed E-state index contributed by atoms with van der Waals surface area (Å²) in [6.45, 7) is 4.12. The first-order valence-electron chi connectivity index (χ1n) is 6.87. The lowest BCUT2D eigenvalue weighted by atomic mass is 10.1. The van der Waals surface area contributed by atoms with Gasteiger partial charge in [0.25, 0.3) is 0 Å². The Balaban J connectivity index is 2.09. The molecule has 0 radical (unpaired) electrons. The molecule has 1 aliphatic rings. The van der Waals surface area contributed by atoms with Gasteiger partial charge in [0.05, 0.1) is 16.4 Å². The third-order valence-electron chi connectivity index (χ3n) is 3.85. The van der Waals surface area contributed by atoms with E-state index in [9.17, 15) is 4.39 Å². The van der Waals surface area contributed by atoms with Crippen LogP contribution in [0.4, 0.5) is 4.39 Å². The molecular weight excluding hydrogens is 263 g/mol. The van der Waals surface area contributed by atoms with Gasteiger partial charge in [-0.15, -0.1) is 11.6 Å². The highest BCUT2D eigenvalue weighted by atomic mass is 35.5. The van der Waals surface area contributed by atoms with Crippen LogP contribution in [0.2, 0.25) is 0 Å². The second-order valence-corrected chi connectivity index (χ2v) is 6.27. The Morgan fingerprint density at radius 2 is 2.16 bits per heavy atom.